The van der Waals surface area contributed by atoms with Crippen LogP contribution in [0.5, 0.6) is 0 Å². The van der Waals surface area contributed by atoms with Gasteiger partial charge in [-0.3, -0.25) is 4.79 Å². The highest BCUT2D eigenvalue weighted by molar-refractivity contribution is 5.86. The van der Waals surface area contributed by atoms with Crippen molar-refractivity contribution in [2.75, 3.05) is 0 Å². The summed E-state index contributed by atoms with van der Waals surface area (Å²) in [4.78, 5) is 35.1. The van der Waals surface area contributed by atoms with E-state index >= 15 is 0 Å². The molecule has 0 heterocycles. The van der Waals surface area contributed by atoms with E-state index in [4.69, 9.17) is 9.47 Å². The molecule has 0 aromatic heterocycles. The van der Waals surface area contributed by atoms with Crippen LogP contribution in [-0.4, -0.2) is 41.2 Å². The van der Waals surface area contributed by atoms with Crippen molar-refractivity contribution < 1.29 is 23.9 Å². The quantitative estimate of drug-likeness (QED) is 0.784. The first-order chi connectivity index (χ1) is 9.18. The summed E-state index contributed by atoms with van der Waals surface area (Å²) in [5.41, 5.74) is 2.26. The molecule has 7 heteroatoms. The van der Waals surface area contributed by atoms with E-state index in [1.165, 1.54) is 6.92 Å². The van der Waals surface area contributed by atoms with Gasteiger partial charge in [0.2, 0.25) is 0 Å². The first-order valence-electron chi connectivity index (χ1n) is 6.66. The van der Waals surface area contributed by atoms with Crippen LogP contribution in [0.25, 0.3) is 0 Å². The van der Waals surface area contributed by atoms with Gasteiger partial charge in [0, 0.05) is 0 Å². The summed E-state index contributed by atoms with van der Waals surface area (Å²) >= 11 is 0. The van der Waals surface area contributed by atoms with Crippen molar-refractivity contribution in [1.29, 1.82) is 0 Å². The zero-order valence-corrected chi connectivity index (χ0v) is 12.9. The van der Waals surface area contributed by atoms with E-state index in [1.807, 2.05) is 0 Å². The van der Waals surface area contributed by atoms with Gasteiger partial charge < -0.3 is 9.47 Å². The Morgan fingerprint density at radius 2 is 1.55 bits per heavy atom. The number of rotatable bonds is 5. The summed E-state index contributed by atoms with van der Waals surface area (Å²) in [6.45, 7) is 9.79. The third-order valence-electron chi connectivity index (χ3n) is 2.26. The van der Waals surface area contributed by atoms with Gasteiger partial charge in [-0.25, -0.2) is 20.0 Å². The number of ketones is 1. The summed E-state index contributed by atoms with van der Waals surface area (Å²) in [6, 6.07) is -0.791. The Hall–Kier alpha value is -1.79. The number of nitrogens with zero attached hydrogens (tertiary/aromatic N) is 1. The Kier molecular flexibility index (Phi) is 7.64. The van der Waals surface area contributed by atoms with E-state index in [0.717, 1.165) is 5.01 Å². The number of carbonyl (C=O) groups is 3. The van der Waals surface area contributed by atoms with Crippen LogP contribution in [0, 0.1) is 0 Å². The molecule has 2 amide bonds. The standard InChI is InChI=1S/C13H24N2O5/c1-7-11(10(6)16)15(13(18)20-9(4)5)14-12(17)19-8(2)3/h8-9,11H,7H2,1-6H3,(H,14,17)/t11-/m1/s1. The lowest BCUT2D eigenvalue weighted by atomic mass is 10.1. The number of hydrazine groups is 1. The van der Waals surface area contributed by atoms with Crippen LogP contribution in [0.1, 0.15) is 48.0 Å². The molecule has 0 unspecified atom stereocenters. The molecular formula is C13H24N2O5. The predicted molar refractivity (Wildman–Crippen MR) is 73.0 cm³/mol. The maximum Gasteiger partial charge on any atom is 0.429 e. The second-order valence-electron chi connectivity index (χ2n) is 4.90. The second kappa shape index (κ2) is 8.39. The van der Waals surface area contributed by atoms with Gasteiger partial charge in [-0.15, -0.1) is 0 Å². The molecule has 0 aliphatic carbocycles. The molecule has 7 nitrogen and oxygen atoms in total. The molecule has 0 aromatic rings. The molecule has 0 radical (unpaired) electrons. The maximum absolute atomic E-state index is 12.0. The molecule has 116 valence electrons. The average molecular weight is 288 g/mol. The van der Waals surface area contributed by atoms with Crippen LogP contribution in [0.2, 0.25) is 0 Å². The zero-order chi connectivity index (χ0) is 15.9. The number of nitrogens with one attached hydrogen (secondary N) is 1. The number of hydrogen-bond acceptors (Lipinski definition) is 5. The third-order valence-corrected chi connectivity index (χ3v) is 2.26. The molecule has 0 aromatic carbocycles. The first kappa shape index (κ1) is 18.2. The Labute approximate surface area is 119 Å². The van der Waals surface area contributed by atoms with Crippen molar-refractivity contribution in [2.45, 2.75) is 66.2 Å². The summed E-state index contributed by atoms with van der Waals surface area (Å²) in [6.07, 6.45) is -1.94. The predicted octanol–water partition coefficient (Wildman–Crippen LogP) is 2.25. The van der Waals surface area contributed by atoms with Crippen molar-refractivity contribution in [3.63, 3.8) is 0 Å². The fourth-order valence-corrected chi connectivity index (χ4v) is 1.50. The number of ether oxygens (including phenoxy) is 2. The summed E-state index contributed by atoms with van der Waals surface area (Å²) in [5.74, 6) is -0.252. The fourth-order valence-electron chi connectivity index (χ4n) is 1.50. The van der Waals surface area contributed by atoms with Crippen LogP contribution in [0.15, 0.2) is 0 Å². The van der Waals surface area contributed by atoms with Crippen LogP contribution in [0.3, 0.4) is 0 Å². The lowest BCUT2D eigenvalue weighted by Gasteiger charge is -2.29. The van der Waals surface area contributed by atoms with Crippen molar-refractivity contribution >= 4 is 18.0 Å². The minimum atomic E-state index is -0.805. The zero-order valence-electron chi connectivity index (χ0n) is 12.9. The third kappa shape index (κ3) is 6.40. The van der Waals surface area contributed by atoms with E-state index in [1.54, 1.807) is 34.6 Å². The van der Waals surface area contributed by atoms with Crippen LogP contribution in [0.4, 0.5) is 9.59 Å². The molecular weight excluding hydrogens is 264 g/mol. The molecule has 0 bridgehead atoms. The highest BCUT2D eigenvalue weighted by Gasteiger charge is 2.30. The van der Waals surface area contributed by atoms with Crippen molar-refractivity contribution in [2.24, 2.45) is 0 Å². The van der Waals surface area contributed by atoms with Crippen molar-refractivity contribution in [3.8, 4) is 0 Å². The highest BCUT2D eigenvalue weighted by Crippen LogP contribution is 2.07. The summed E-state index contributed by atoms with van der Waals surface area (Å²) in [7, 11) is 0. The van der Waals surface area contributed by atoms with Gasteiger partial charge in [-0.2, -0.15) is 0 Å². The molecule has 0 saturated carbocycles. The number of hydrogen-bond donors (Lipinski definition) is 1. The Morgan fingerprint density at radius 3 is 1.90 bits per heavy atom. The fraction of sp³-hybridized carbons (Fsp3) is 0.769. The van der Waals surface area contributed by atoms with E-state index in [2.05, 4.69) is 5.43 Å². The Balaban J connectivity index is 5.00. The molecule has 0 aliphatic heterocycles. The minimum Gasteiger partial charge on any atom is -0.446 e. The Bertz CT molecular complexity index is 355. The van der Waals surface area contributed by atoms with E-state index in [0.29, 0.717) is 6.42 Å². The maximum atomic E-state index is 12.0. The number of Topliss-reactive ketones (excluding diaryl/α,β-unsaturated/α-hetero) is 1. The van der Waals surface area contributed by atoms with Crippen LogP contribution < -0.4 is 5.43 Å². The van der Waals surface area contributed by atoms with E-state index in [-0.39, 0.29) is 18.0 Å². The van der Waals surface area contributed by atoms with E-state index in [9.17, 15) is 14.4 Å². The molecule has 0 saturated heterocycles. The molecule has 0 spiro atoms. The molecule has 0 fully saturated rings. The highest BCUT2D eigenvalue weighted by atomic mass is 16.6. The second-order valence-corrected chi connectivity index (χ2v) is 4.90. The average Bonchev–Trinajstić information content (AvgIpc) is 2.25. The van der Waals surface area contributed by atoms with Gasteiger partial charge in [0.05, 0.1) is 12.2 Å². The normalized spacial score (nSPS) is 12.0. The summed E-state index contributed by atoms with van der Waals surface area (Å²) in [5, 5.41) is 0.882. The lowest BCUT2D eigenvalue weighted by molar-refractivity contribution is -0.122. The topological polar surface area (TPSA) is 84.9 Å². The van der Waals surface area contributed by atoms with Crippen LogP contribution in [-0.2, 0) is 14.3 Å². The SMILES string of the molecule is CC[C@H](C(C)=O)N(NC(=O)OC(C)C)C(=O)OC(C)C. The van der Waals surface area contributed by atoms with Gasteiger partial charge in [-0.05, 0) is 41.0 Å². The number of amides is 2. The molecule has 1 N–H and O–H groups in total. The summed E-state index contributed by atoms with van der Waals surface area (Å²) < 4.78 is 9.92. The minimum absolute atomic E-state index is 0.252. The Morgan fingerprint density at radius 1 is 1.05 bits per heavy atom. The number of carbonyl (C=O) groups excluding carboxylic acids is 3. The largest absolute Gasteiger partial charge is 0.446 e. The molecule has 0 aliphatic rings. The first-order valence-corrected chi connectivity index (χ1v) is 6.66. The molecule has 20 heavy (non-hydrogen) atoms. The molecule has 1 atom stereocenters. The van der Waals surface area contributed by atoms with Crippen molar-refractivity contribution in [3.05, 3.63) is 0 Å². The van der Waals surface area contributed by atoms with E-state index < -0.39 is 18.2 Å². The van der Waals surface area contributed by atoms with Gasteiger partial charge in [0.15, 0.2) is 5.78 Å². The van der Waals surface area contributed by atoms with Gasteiger partial charge in [-0.1, -0.05) is 6.92 Å². The van der Waals surface area contributed by atoms with Crippen molar-refractivity contribution in [1.82, 2.24) is 10.4 Å². The van der Waals surface area contributed by atoms with Gasteiger partial charge >= 0.3 is 12.2 Å². The van der Waals surface area contributed by atoms with Gasteiger partial charge in [0.25, 0.3) is 0 Å². The molecule has 0 rings (SSSR count). The smallest absolute Gasteiger partial charge is 0.429 e. The van der Waals surface area contributed by atoms with Gasteiger partial charge in [0.1, 0.15) is 6.04 Å². The monoisotopic (exact) mass is 288 g/mol. The lowest BCUT2D eigenvalue weighted by Crippen LogP contribution is -2.55. The van der Waals surface area contributed by atoms with Crippen LogP contribution >= 0.6 is 0 Å².